The molecule has 0 radical (unpaired) electrons. The molecule has 10 heterocycles. The van der Waals surface area contributed by atoms with Gasteiger partial charge in [-0.1, -0.05) is 157 Å². The van der Waals surface area contributed by atoms with Crippen LogP contribution in [-0.2, 0) is 68.8 Å². The molecule has 1 aliphatic rings. The second kappa shape index (κ2) is 48.3. The van der Waals surface area contributed by atoms with Gasteiger partial charge >= 0.3 is 56.7 Å². The van der Waals surface area contributed by atoms with Crippen molar-refractivity contribution in [2.24, 2.45) is 0 Å². The Bertz CT molecular complexity index is 5560. The number of aryl methyl sites for hydroxylation is 4. The summed E-state index contributed by atoms with van der Waals surface area (Å²) in [6.07, 6.45) is 21.2. The Morgan fingerprint density at radius 2 is 0.803 bits per heavy atom. The highest BCUT2D eigenvalue weighted by molar-refractivity contribution is 14.1. The van der Waals surface area contributed by atoms with Gasteiger partial charge in [0.15, 0.2) is 0 Å². The fourth-order valence-corrected chi connectivity index (χ4v) is 12.8. The highest BCUT2D eigenvalue weighted by Crippen LogP contribution is 2.25. The lowest BCUT2D eigenvalue weighted by molar-refractivity contribution is -0.390. The molecule has 5 aromatic carbocycles. The van der Waals surface area contributed by atoms with Crippen LogP contribution in [0.5, 0.6) is 0 Å². The van der Waals surface area contributed by atoms with Crippen LogP contribution in [0.3, 0.4) is 0 Å². The standard InChI is InChI=1S/C19H19N3O2.C18H17N3O2.C11H11N3O2.C11H13N3.C10H8BrN3O2.C7H6INO2.C3H9B3O3.C3H2BrN3O2/c1-14-12-22(13-15-6-4-3-5-7-15)21-18(14)10-16-11-20-9-8-17(16)19(23)24-2;1-13-11-21(12-14-5-3-2-4-6-14)20-17(13)9-15-10-19-8-7-16(15)18(22)23;1-9-7-13(12-11(9)14(15)16)8-10-5-3-2-4-6-10;1-9-7-14(13-11(9)12)8-10-5-3-2-4-6-10;11-9-7-13(12-10(9)14(15)16)6-8-4-2-1-3-5-8;1-11-7(10)5-2-3-9-4-6(5)8;1-4-7-5(2)9-6(3)8-4;4-2-1-5-6-3(2)7(8)9/h3-9,11-12H,10,13H2,1-2H3;2-8,10-11H,9,12H2,1H3,(H,22,23);2-7H,8H2,1H3;2-7H,8H2,1H3,(H2,12,13);1-5,7H,6H2;2-4H,1H3;1-3H3;1H,(H,5,6). The number of aromatic carboxylic acids is 1. The number of pyridine rings is 3. The first-order chi connectivity index (χ1) is 58.5. The number of nitro groups is 3. The molecule has 9 aromatic heterocycles. The molecule has 4 N–H and O–H groups in total. The normalized spacial score (nSPS) is 11.1. The molecule has 1 fully saturated rings. The second-order valence-electron chi connectivity index (χ2n) is 26.6. The van der Waals surface area contributed by atoms with Gasteiger partial charge in [-0.2, -0.15) is 24.7 Å². The fraction of sp³-hybridized carbons (Fsp3) is 0.195. The number of hydrogen-bond donors (Lipinski definition) is 3. The zero-order chi connectivity index (χ0) is 88.2. The van der Waals surface area contributed by atoms with Crippen LogP contribution < -0.4 is 5.73 Å². The first-order valence-corrected chi connectivity index (χ1v) is 40.0. The molecule has 0 bridgehead atoms. The molecule has 15 rings (SSSR count). The predicted molar refractivity (Wildman–Crippen MR) is 475 cm³/mol. The number of carbonyl (C=O) groups is 3. The number of nitrogen functional groups attached to an aromatic ring is 1. The van der Waals surface area contributed by atoms with Crippen molar-refractivity contribution in [3.8, 4) is 0 Å². The molecule has 122 heavy (non-hydrogen) atoms. The molecule has 0 aliphatic carbocycles. The maximum Gasteiger partial charge on any atom is 0.426 e. The molecular formula is C82H85B3Br2IN19O15. The Morgan fingerprint density at radius 1 is 0.459 bits per heavy atom. The Balaban J connectivity index is 0.000000177. The van der Waals surface area contributed by atoms with E-state index >= 15 is 0 Å². The number of halogens is 3. The van der Waals surface area contributed by atoms with E-state index in [-0.39, 0.29) is 56.3 Å². The molecule has 14 aromatic rings. The Hall–Kier alpha value is -13.0. The van der Waals surface area contributed by atoms with Crippen LogP contribution in [0, 0.1) is 61.6 Å². The lowest BCUT2D eigenvalue weighted by Gasteiger charge is -2.25. The van der Waals surface area contributed by atoms with Crippen molar-refractivity contribution < 1.29 is 57.4 Å². The van der Waals surface area contributed by atoms with Crippen LogP contribution in [0.15, 0.2) is 253 Å². The van der Waals surface area contributed by atoms with Crippen molar-refractivity contribution in [2.45, 2.75) is 93.7 Å². The lowest BCUT2D eigenvalue weighted by atomic mass is 9.74. The van der Waals surface area contributed by atoms with E-state index in [2.05, 4.69) is 124 Å². The van der Waals surface area contributed by atoms with Gasteiger partial charge in [-0.3, -0.25) is 29.0 Å². The number of benzene rings is 5. The molecule has 0 saturated carbocycles. The van der Waals surface area contributed by atoms with Gasteiger partial charge in [0.2, 0.25) is 0 Å². The second-order valence-corrected chi connectivity index (χ2v) is 29.5. The number of hydrogen-bond acceptors (Lipinski definition) is 24. The molecule has 0 amide bonds. The summed E-state index contributed by atoms with van der Waals surface area (Å²) in [7, 11) is 2.34. The smallest absolute Gasteiger partial charge is 0.426 e. The first-order valence-electron chi connectivity index (χ1n) is 37.3. The van der Waals surface area contributed by atoms with E-state index in [0.717, 1.165) is 61.4 Å². The van der Waals surface area contributed by atoms with E-state index < -0.39 is 20.7 Å². The molecule has 1 saturated heterocycles. The van der Waals surface area contributed by atoms with Gasteiger partial charge in [0.25, 0.3) is 0 Å². The quantitative estimate of drug-likeness (QED) is 0.0210. The van der Waals surface area contributed by atoms with Crippen molar-refractivity contribution in [3.05, 3.63) is 376 Å². The van der Waals surface area contributed by atoms with Gasteiger partial charge in [0.1, 0.15) is 14.8 Å². The van der Waals surface area contributed by atoms with Gasteiger partial charge in [0.05, 0.1) is 109 Å². The summed E-state index contributed by atoms with van der Waals surface area (Å²) < 4.78 is 35.1. The van der Waals surface area contributed by atoms with Crippen LogP contribution in [0.25, 0.3) is 0 Å². The topological polar surface area (TPSA) is 429 Å². The summed E-state index contributed by atoms with van der Waals surface area (Å²) in [6, 6.07) is 54.7. The first kappa shape index (κ1) is 94.5. The zero-order valence-corrected chi connectivity index (χ0v) is 73.1. The summed E-state index contributed by atoms with van der Waals surface area (Å²) in [4.78, 5) is 75.8. The van der Waals surface area contributed by atoms with E-state index in [1.54, 1.807) is 67.1 Å². The summed E-state index contributed by atoms with van der Waals surface area (Å²) >= 11 is 8.07. The average Bonchev–Trinajstić information content (AvgIpc) is 1.64. The van der Waals surface area contributed by atoms with E-state index in [9.17, 15) is 49.8 Å². The highest BCUT2D eigenvalue weighted by atomic mass is 127. The van der Waals surface area contributed by atoms with Crippen molar-refractivity contribution in [1.29, 1.82) is 0 Å². The SMILES string of the molecule is CB1OB(C)OB(C)O1.COC(=O)c1ccncc1Cc1nn(Cc2ccccc2)cc1C.COC(=O)c1ccncc1I.Cc1cn(Cc2ccccc2)nc1Cc1cnccc1C(=O)O.Cc1cn(Cc2ccccc2)nc1N.Cc1cn(Cc2ccccc2)nc1[N+](=O)[O-].O=[N+]([O-])c1[nH]ncc1Br.O=[N+]([O-])c1nn(Cc2ccccc2)cc1Br. The van der Waals surface area contributed by atoms with Crippen LogP contribution in [-0.4, -0.2) is 147 Å². The number of nitrogens with zero attached hydrogens (tertiary/aromatic N) is 17. The number of carboxylic acids is 1. The number of aromatic amines is 1. The maximum atomic E-state index is 11.9. The number of H-pyrrole nitrogens is 1. The third-order valence-electron chi connectivity index (χ3n) is 17.2. The summed E-state index contributed by atoms with van der Waals surface area (Å²) in [6.45, 7) is 16.5. The molecule has 0 spiro atoms. The lowest BCUT2D eigenvalue weighted by Crippen LogP contribution is -2.44. The number of esters is 2. The van der Waals surface area contributed by atoms with Gasteiger partial charge in [-0.25, -0.2) is 14.4 Å². The Labute approximate surface area is 733 Å². The van der Waals surface area contributed by atoms with Crippen LogP contribution >= 0.6 is 54.5 Å². The molecule has 40 heteroatoms. The third-order valence-corrected chi connectivity index (χ3v) is 19.2. The minimum atomic E-state index is -0.941. The maximum absolute atomic E-state index is 11.9. The number of carbonyl (C=O) groups excluding carboxylic acids is 2. The minimum absolute atomic E-state index is 0.0732. The summed E-state index contributed by atoms with van der Waals surface area (Å²) in [5, 5.41) is 67.3. The summed E-state index contributed by atoms with van der Waals surface area (Å²) in [5.41, 5.74) is 19.8. The van der Waals surface area contributed by atoms with Gasteiger partial charge in [-0.05, 0) is 186 Å². The minimum Gasteiger partial charge on any atom is -0.478 e. The largest absolute Gasteiger partial charge is 0.478 e. The number of ether oxygens (including phenoxy) is 2. The molecule has 1 aliphatic heterocycles. The number of rotatable bonds is 20. The van der Waals surface area contributed by atoms with Gasteiger partial charge in [0, 0.05) is 77.7 Å². The number of nitrogens with two attached hydrogens (primary N) is 1. The number of methoxy groups -OCH3 is 2. The van der Waals surface area contributed by atoms with E-state index in [4.69, 9.17) is 24.2 Å². The van der Waals surface area contributed by atoms with Crippen molar-refractivity contribution in [1.82, 2.24) is 74.1 Å². The van der Waals surface area contributed by atoms with Crippen molar-refractivity contribution in [3.63, 3.8) is 0 Å². The van der Waals surface area contributed by atoms with E-state index in [1.165, 1.54) is 54.1 Å². The molecule has 628 valence electrons. The number of anilines is 1. The monoisotopic (exact) mass is 1890 g/mol. The number of nitrogens with one attached hydrogen (secondary N) is 1. The molecule has 0 unspecified atom stereocenters. The van der Waals surface area contributed by atoms with E-state index in [0.29, 0.717) is 69.5 Å². The molecular weight excluding hydrogens is 1810 g/mol. The number of aromatic nitrogens is 15. The van der Waals surface area contributed by atoms with Crippen LogP contribution in [0.1, 0.15) is 104 Å². The van der Waals surface area contributed by atoms with Crippen LogP contribution in [0.2, 0.25) is 20.5 Å². The average molecular weight is 1900 g/mol. The molecule has 0 atom stereocenters. The van der Waals surface area contributed by atoms with Crippen LogP contribution in [0.4, 0.5) is 23.3 Å². The highest BCUT2D eigenvalue weighted by Gasteiger charge is 2.32. The fourth-order valence-electron chi connectivity index (χ4n) is 11.4. The number of carboxylic acid groups (broad SMARTS) is 1. The van der Waals surface area contributed by atoms with Crippen molar-refractivity contribution >= 4 is 117 Å². The molecule has 34 nitrogen and oxygen atoms in total. The zero-order valence-electron chi connectivity index (χ0n) is 67.8. The summed E-state index contributed by atoms with van der Waals surface area (Å²) in [5.74, 6) is -1.35. The van der Waals surface area contributed by atoms with Crippen molar-refractivity contribution in [2.75, 3.05) is 20.0 Å². The Morgan fingerprint density at radius 3 is 1.14 bits per heavy atom. The Kier molecular flexibility index (Phi) is 37.4. The third kappa shape index (κ3) is 30.7. The van der Waals surface area contributed by atoms with Gasteiger partial charge < -0.3 is 64.4 Å². The van der Waals surface area contributed by atoms with E-state index in [1.807, 2.05) is 212 Å². The predicted octanol–water partition coefficient (Wildman–Crippen LogP) is 15.5. The van der Waals surface area contributed by atoms with Gasteiger partial charge in [-0.15, -0.1) is 5.10 Å².